The van der Waals surface area contributed by atoms with Gasteiger partial charge < -0.3 is 15.7 Å². The van der Waals surface area contributed by atoms with Crippen LogP contribution >= 0.6 is 12.2 Å². The van der Waals surface area contributed by atoms with E-state index in [9.17, 15) is 22.8 Å². The second-order valence-electron chi connectivity index (χ2n) is 6.94. The monoisotopic (exact) mass is 423 g/mol. The summed E-state index contributed by atoms with van der Waals surface area (Å²) in [7, 11) is 0. The van der Waals surface area contributed by atoms with Crippen LogP contribution in [0.1, 0.15) is 29.8 Å². The lowest BCUT2D eigenvalue weighted by atomic mass is 10.0. The number of nitrogens with zero attached hydrogens (tertiary/aromatic N) is 2. The van der Waals surface area contributed by atoms with E-state index in [1.165, 1.54) is 4.90 Å². The molecule has 0 spiro atoms. The molecule has 6 nitrogen and oxygen atoms in total. The van der Waals surface area contributed by atoms with Crippen LogP contribution in [0, 0.1) is 0 Å². The normalized spacial score (nSPS) is 16.4. The summed E-state index contributed by atoms with van der Waals surface area (Å²) in [4.78, 5) is 26.7. The third-order valence-electron chi connectivity index (χ3n) is 4.62. The summed E-state index contributed by atoms with van der Waals surface area (Å²) in [5.74, 6) is -2.27. The highest BCUT2D eigenvalue weighted by atomic mass is 32.1. The first-order valence-electron chi connectivity index (χ1n) is 8.34. The number of carbonyl (C=O) groups is 2. The Morgan fingerprint density at radius 1 is 1.10 bits per heavy atom. The van der Waals surface area contributed by atoms with Crippen molar-refractivity contribution in [3.05, 3.63) is 53.6 Å². The number of thiocarbonyl (C=S) groups is 1. The fourth-order valence-electron chi connectivity index (χ4n) is 3.17. The van der Waals surface area contributed by atoms with Gasteiger partial charge in [0.25, 0.3) is 5.91 Å². The van der Waals surface area contributed by atoms with Crippen LogP contribution in [-0.4, -0.2) is 27.6 Å². The average Bonchev–Trinajstić information content (AvgIpc) is 2.79. The molecule has 1 amide bonds. The van der Waals surface area contributed by atoms with Crippen molar-refractivity contribution in [1.29, 1.82) is 0 Å². The van der Waals surface area contributed by atoms with Gasteiger partial charge in [-0.3, -0.25) is 9.69 Å². The molecule has 29 heavy (non-hydrogen) atoms. The predicted molar refractivity (Wildman–Crippen MR) is 106 cm³/mol. The van der Waals surface area contributed by atoms with E-state index in [0.29, 0.717) is 17.4 Å². The zero-order valence-electron chi connectivity index (χ0n) is 15.3. The molecule has 0 saturated carbocycles. The molecule has 152 valence electrons. The number of nitrogen functional groups attached to an aromatic ring is 1. The van der Waals surface area contributed by atoms with Gasteiger partial charge in [-0.25, -0.2) is 4.79 Å². The van der Waals surface area contributed by atoms with Gasteiger partial charge in [0.15, 0.2) is 5.11 Å². The summed E-state index contributed by atoms with van der Waals surface area (Å²) >= 11 is 5.41. The highest BCUT2D eigenvalue weighted by Crippen LogP contribution is 2.39. The van der Waals surface area contributed by atoms with Gasteiger partial charge in [-0.05, 0) is 68.5 Å². The van der Waals surface area contributed by atoms with Gasteiger partial charge >= 0.3 is 12.1 Å². The van der Waals surface area contributed by atoms with Gasteiger partial charge in [0.05, 0.1) is 16.8 Å². The molecule has 0 bridgehead atoms. The SMILES string of the molecule is CC1(C)C(=O)N(c2ccc(C(=O)O)c(C(F)(F)F)c2)C(=S)N1c1ccc(N)cc1. The Morgan fingerprint density at radius 3 is 2.17 bits per heavy atom. The second kappa shape index (κ2) is 6.73. The highest BCUT2D eigenvalue weighted by molar-refractivity contribution is 7.81. The summed E-state index contributed by atoms with van der Waals surface area (Å²) in [6, 6.07) is 9.09. The molecule has 2 aromatic rings. The van der Waals surface area contributed by atoms with E-state index in [0.717, 1.165) is 17.0 Å². The van der Waals surface area contributed by atoms with Crippen LogP contribution in [0.3, 0.4) is 0 Å². The number of benzene rings is 2. The average molecular weight is 423 g/mol. The molecule has 2 aromatic carbocycles. The van der Waals surface area contributed by atoms with Crippen LogP contribution < -0.4 is 15.5 Å². The van der Waals surface area contributed by atoms with Gasteiger partial charge in [-0.1, -0.05) is 0 Å². The molecule has 1 saturated heterocycles. The molecular formula is C19H16F3N3O3S. The van der Waals surface area contributed by atoms with Crippen molar-refractivity contribution in [2.24, 2.45) is 0 Å². The van der Waals surface area contributed by atoms with Crippen molar-refractivity contribution in [2.75, 3.05) is 15.5 Å². The maximum atomic E-state index is 13.4. The van der Waals surface area contributed by atoms with Crippen LogP contribution in [0.4, 0.5) is 30.2 Å². The molecule has 1 aliphatic rings. The van der Waals surface area contributed by atoms with Crippen molar-refractivity contribution < 1.29 is 27.9 Å². The molecule has 0 aromatic heterocycles. The van der Waals surface area contributed by atoms with Crippen molar-refractivity contribution in [1.82, 2.24) is 0 Å². The molecule has 3 rings (SSSR count). The number of hydrogen-bond donors (Lipinski definition) is 2. The lowest BCUT2D eigenvalue weighted by molar-refractivity contribution is -0.138. The summed E-state index contributed by atoms with van der Waals surface area (Å²) < 4.78 is 40.1. The number of carboxylic acid groups (broad SMARTS) is 1. The smallest absolute Gasteiger partial charge is 0.417 e. The third kappa shape index (κ3) is 3.39. The van der Waals surface area contributed by atoms with E-state index in [1.54, 1.807) is 38.1 Å². The Morgan fingerprint density at radius 2 is 1.66 bits per heavy atom. The molecule has 3 N–H and O–H groups in total. The molecule has 0 atom stereocenters. The van der Waals surface area contributed by atoms with Crippen molar-refractivity contribution in [2.45, 2.75) is 25.6 Å². The first kappa shape index (κ1) is 20.6. The first-order valence-corrected chi connectivity index (χ1v) is 8.75. The van der Waals surface area contributed by atoms with Crippen LogP contribution in [-0.2, 0) is 11.0 Å². The molecule has 1 aliphatic heterocycles. The third-order valence-corrected chi connectivity index (χ3v) is 4.98. The Balaban J connectivity index is 2.12. The molecule has 10 heteroatoms. The topological polar surface area (TPSA) is 86.9 Å². The largest absolute Gasteiger partial charge is 0.478 e. The summed E-state index contributed by atoms with van der Waals surface area (Å²) in [6.07, 6.45) is -4.92. The number of rotatable bonds is 3. The maximum absolute atomic E-state index is 13.4. The number of carbonyl (C=O) groups excluding carboxylic acids is 1. The Hall–Kier alpha value is -3.14. The molecule has 0 aliphatic carbocycles. The number of amides is 1. The molecular weight excluding hydrogens is 407 g/mol. The van der Waals surface area contributed by atoms with Gasteiger partial charge in [-0.15, -0.1) is 0 Å². The van der Waals surface area contributed by atoms with Gasteiger partial charge in [-0.2, -0.15) is 13.2 Å². The number of alkyl halides is 3. The van der Waals surface area contributed by atoms with Gasteiger partial charge in [0.2, 0.25) is 0 Å². The zero-order valence-corrected chi connectivity index (χ0v) is 16.1. The molecule has 0 radical (unpaired) electrons. The predicted octanol–water partition coefficient (Wildman–Crippen LogP) is 3.90. The zero-order chi connectivity index (χ0) is 21.7. The minimum absolute atomic E-state index is 0.0269. The minimum atomic E-state index is -4.92. The second-order valence-corrected chi connectivity index (χ2v) is 7.31. The fraction of sp³-hybridized carbons (Fsp3) is 0.211. The van der Waals surface area contributed by atoms with Gasteiger partial charge in [0.1, 0.15) is 5.54 Å². The Bertz CT molecular complexity index is 1020. The van der Waals surface area contributed by atoms with Crippen LogP contribution in [0.5, 0.6) is 0 Å². The number of carboxylic acids is 1. The highest BCUT2D eigenvalue weighted by Gasteiger charge is 2.50. The number of halogens is 3. The summed E-state index contributed by atoms with van der Waals surface area (Å²) in [6.45, 7) is 3.18. The Labute approximate surface area is 169 Å². The maximum Gasteiger partial charge on any atom is 0.417 e. The Kier molecular flexibility index (Phi) is 4.78. The van der Waals surface area contributed by atoms with E-state index < -0.39 is 34.7 Å². The van der Waals surface area contributed by atoms with Crippen LogP contribution in [0.15, 0.2) is 42.5 Å². The lowest BCUT2D eigenvalue weighted by Gasteiger charge is -2.29. The quantitative estimate of drug-likeness (QED) is 0.575. The van der Waals surface area contributed by atoms with E-state index in [-0.39, 0.29) is 10.8 Å². The lowest BCUT2D eigenvalue weighted by Crippen LogP contribution is -2.44. The fourth-order valence-corrected chi connectivity index (χ4v) is 3.69. The first-order chi connectivity index (χ1) is 13.4. The van der Waals surface area contributed by atoms with Crippen molar-refractivity contribution in [3.63, 3.8) is 0 Å². The number of aromatic carboxylic acids is 1. The summed E-state index contributed by atoms with van der Waals surface area (Å²) in [5.41, 5.74) is 3.11. The van der Waals surface area contributed by atoms with Crippen LogP contribution in [0.2, 0.25) is 0 Å². The standard InChI is InChI=1S/C19H16F3N3O3S/c1-18(2)16(28)24(17(29)25(18)11-5-3-10(23)4-6-11)12-7-8-13(15(26)27)14(9-12)19(20,21)22/h3-9H,23H2,1-2H3,(H,26,27). The van der Waals surface area contributed by atoms with E-state index in [2.05, 4.69) is 0 Å². The van der Waals surface area contributed by atoms with Crippen LogP contribution in [0.25, 0.3) is 0 Å². The number of anilines is 3. The molecule has 1 heterocycles. The number of hydrogen-bond acceptors (Lipinski definition) is 4. The van der Waals surface area contributed by atoms with Crippen molar-refractivity contribution in [3.8, 4) is 0 Å². The van der Waals surface area contributed by atoms with E-state index in [4.69, 9.17) is 23.1 Å². The molecule has 0 unspecified atom stereocenters. The minimum Gasteiger partial charge on any atom is -0.478 e. The number of nitrogens with two attached hydrogens (primary N) is 1. The van der Waals surface area contributed by atoms with E-state index in [1.807, 2.05) is 0 Å². The van der Waals surface area contributed by atoms with Crippen molar-refractivity contribution >= 4 is 46.3 Å². The molecule has 1 fully saturated rings. The summed E-state index contributed by atoms with van der Waals surface area (Å²) in [5, 5.41) is 9.03. The van der Waals surface area contributed by atoms with E-state index >= 15 is 0 Å². The van der Waals surface area contributed by atoms with Gasteiger partial charge in [0, 0.05) is 11.4 Å².